The lowest BCUT2D eigenvalue weighted by Gasteiger charge is -2.40. The first-order chi connectivity index (χ1) is 15.4. The number of benzene rings is 2. The van der Waals surface area contributed by atoms with Gasteiger partial charge in [0, 0.05) is 15.4 Å². The second kappa shape index (κ2) is 10.0. The van der Waals surface area contributed by atoms with E-state index in [1.54, 1.807) is 48.5 Å². The van der Waals surface area contributed by atoms with E-state index in [2.05, 4.69) is 31.9 Å². The van der Waals surface area contributed by atoms with Crippen LogP contribution in [0.1, 0.15) is 46.9 Å². The molecule has 0 unspecified atom stereocenters. The van der Waals surface area contributed by atoms with Gasteiger partial charge in [-0.25, -0.2) is 9.59 Å². The van der Waals surface area contributed by atoms with Crippen molar-refractivity contribution in [1.82, 2.24) is 0 Å². The normalized spacial score (nSPS) is 27.3. The van der Waals surface area contributed by atoms with E-state index >= 15 is 0 Å². The van der Waals surface area contributed by atoms with Crippen LogP contribution in [0.15, 0.2) is 57.5 Å². The Morgan fingerprint density at radius 3 is 2.19 bits per heavy atom. The summed E-state index contributed by atoms with van der Waals surface area (Å²) < 4.78 is 25.5. The molecule has 2 saturated heterocycles. The Morgan fingerprint density at radius 2 is 1.59 bits per heavy atom. The van der Waals surface area contributed by atoms with E-state index in [-0.39, 0.29) is 25.2 Å². The summed E-state index contributed by atoms with van der Waals surface area (Å²) in [5.74, 6) is -2.25. The first-order valence-electron chi connectivity index (χ1n) is 10.6. The molecule has 0 N–H and O–H groups in total. The molecule has 2 fully saturated rings. The molecule has 32 heavy (non-hydrogen) atoms. The molecule has 4 atom stereocenters. The lowest BCUT2D eigenvalue weighted by atomic mass is 9.92. The van der Waals surface area contributed by atoms with Crippen LogP contribution < -0.4 is 0 Å². The molecule has 0 saturated carbocycles. The Bertz CT molecular complexity index is 961. The van der Waals surface area contributed by atoms with E-state index in [9.17, 15) is 9.59 Å². The van der Waals surface area contributed by atoms with E-state index in [0.717, 1.165) is 21.8 Å². The highest BCUT2D eigenvalue weighted by Gasteiger charge is 2.55. The monoisotopic (exact) mass is 566 g/mol. The maximum Gasteiger partial charge on any atom is 0.338 e. The van der Waals surface area contributed by atoms with Gasteiger partial charge in [-0.3, -0.25) is 0 Å². The van der Waals surface area contributed by atoms with Gasteiger partial charge in [0.2, 0.25) is 5.79 Å². The van der Waals surface area contributed by atoms with Gasteiger partial charge in [0.05, 0.1) is 29.8 Å². The van der Waals surface area contributed by atoms with E-state index < -0.39 is 23.8 Å². The van der Waals surface area contributed by atoms with Crippen molar-refractivity contribution in [3.8, 4) is 0 Å². The van der Waals surface area contributed by atoms with Crippen LogP contribution in [-0.4, -0.2) is 43.1 Å². The van der Waals surface area contributed by atoms with Gasteiger partial charge in [0.15, 0.2) is 6.10 Å². The van der Waals surface area contributed by atoms with Crippen molar-refractivity contribution in [2.45, 2.75) is 44.2 Å². The molecule has 2 aromatic rings. The first-order valence-corrected chi connectivity index (χ1v) is 12.2. The van der Waals surface area contributed by atoms with E-state index in [4.69, 9.17) is 18.9 Å². The van der Waals surface area contributed by atoms with Crippen molar-refractivity contribution < 1.29 is 28.5 Å². The van der Waals surface area contributed by atoms with Gasteiger partial charge >= 0.3 is 11.9 Å². The molecule has 2 aromatic carbocycles. The molecule has 0 aliphatic carbocycles. The number of halogens is 2. The number of hydrogen-bond acceptors (Lipinski definition) is 6. The summed E-state index contributed by atoms with van der Waals surface area (Å²) in [6.07, 6.45) is 1.74. The predicted molar refractivity (Wildman–Crippen MR) is 124 cm³/mol. The second-order valence-corrected chi connectivity index (χ2v) is 9.97. The Hall–Kier alpha value is -1.74. The average Bonchev–Trinajstić information content (AvgIpc) is 3.09. The molecular weight excluding hydrogens is 544 g/mol. The zero-order chi connectivity index (χ0) is 22.7. The number of carbonyl (C=O) groups is 2. The van der Waals surface area contributed by atoms with Crippen LogP contribution in [0, 0.1) is 5.92 Å². The third-order valence-electron chi connectivity index (χ3n) is 5.76. The maximum absolute atomic E-state index is 12.9. The minimum absolute atomic E-state index is 0.0123. The summed E-state index contributed by atoms with van der Waals surface area (Å²) in [5.41, 5.74) is 0.887. The standard InChI is InChI=1S/C24H24Br2O6/c1-15-3-2-12-24(32-15)21(31-23(28)17-6-10-20(26)11-7-17)18(14-30-24)13-29-22(27)16-4-8-19(25)9-5-16/h4-11,15,18,21H,2-3,12-14H2,1H3/t15-,18-,21-,24-/m0/s1. The highest BCUT2D eigenvalue weighted by molar-refractivity contribution is 9.10. The second-order valence-electron chi connectivity index (χ2n) is 8.14. The molecule has 0 amide bonds. The SMILES string of the molecule is C[C@H]1CCC[C@]2(OC[C@H](COC(=O)c3ccc(Br)cc3)[C@@H]2OC(=O)c2ccc(Br)cc2)O1. The molecule has 6 nitrogen and oxygen atoms in total. The topological polar surface area (TPSA) is 71.1 Å². The van der Waals surface area contributed by atoms with Gasteiger partial charge in [-0.2, -0.15) is 0 Å². The predicted octanol–water partition coefficient (Wildman–Crippen LogP) is 5.53. The molecule has 8 heteroatoms. The molecule has 0 radical (unpaired) electrons. The fourth-order valence-corrected chi connectivity index (χ4v) is 4.66. The van der Waals surface area contributed by atoms with E-state index in [0.29, 0.717) is 17.5 Å². The highest BCUT2D eigenvalue weighted by Crippen LogP contribution is 2.42. The van der Waals surface area contributed by atoms with Crippen molar-refractivity contribution in [2.24, 2.45) is 5.92 Å². The van der Waals surface area contributed by atoms with Crippen LogP contribution in [0.2, 0.25) is 0 Å². The average molecular weight is 568 g/mol. The smallest absolute Gasteiger partial charge is 0.338 e. The molecular formula is C24H24Br2O6. The summed E-state index contributed by atoms with van der Waals surface area (Å²) in [6, 6.07) is 13.9. The maximum atomic E-state index is 12.9. The lowest BCUT2D eigenvalue weighted by Crippen LogP contribution is -2.51. The Balaban J connectivity index is 1.49. The van der Waals surface area contributed by atoms with Gasteiger partial charge in [-0.15, -0.1) is 0 Å². The molecule has 170 valence electrons. The number of esters is 2. The summed E-state index contributed by atoms with van der Waals surface area (Å²) in [7, 11) is 0. The van der Waals surface area contributed by atoms with Crippen LogP contribution in [0.4, 0.5) is 0 Å². The first kappa shape index (κ1) is 23.4. The van der Waals surface area contributed by atoms with Gasteiger partial charge < -0.3 is 18.9 Å². The summed E-state index contributed by atoms with van der Waals surface area (Å²) in [6.45, 7) is 2.32. The minimum Gasteiger partial charge on any atom is -0.462 e. The summed E-state index contributed by atoms with van der Waals surface area (Å²) in [4.78, 5) is 25.4. The van der Waals surface area contributed by atoms with Crippen LogP contribution in [-0.2, 0) is 18.9 Å². The Kier molecular flexibility index (Phi) is 7.34. The molecule has 1 spiro atoms. The van der Waals surface area contributed by atoms with Gasteiger partial charge in [0.25, 0.3) is 0 Å². The third-order valence-corrected chi connectivity index (χ3v) is 6.82. The fourth-order valence-electron chi connectivity index (χ4n) is 4.13. The van der Waals surface area contributed by atoms with Crippen molar-refractivity contribution in [2.75, 3.05) is 13.2 Å². The van der Waals surface area contributed by atoms with Crippen molar-refractivity contribution in [3.05, 3.63) is 68.6 Å². The van der Waals surface area contributed by atoms with Crippen LogP contribution in [0.5, 0.6) is 0 Å². The Labute approximate surface area is 203 Å². The zero-order valence-electron chi connectivity index (χ0n) is 17.6. The highest BCUT2D eigenvalue weighted by atomic mass is 79.9. The number of hydrogen-bond donors (Lipinski definition) is 0. The fraction of sp³-hybridized carbons (Fsp3) is 0.417. The zero-order valence-corrected chi connectivity index (χ0v) is 20.8. The molecule has 4 rings (SSSR count). The Morgan fingerprint density at radius 1 is 1.00 bits per heavy atom. The van der Waals surface area contributed by atoms with Crippen molar-refractivity contribution in [3.63, 3.8) is 0 Å². The van der Waals surface area contributed by atoms with E-state index in [1.807, 2.05) is 6.92 Å². The largest absolute Gasteiger partial charge is 0.462 e. The number of rotatable bonds is 5. The molecule has 0 bridgehead atoms. The van der Waals surface area contributed by atoms with Gasteiger partial charge in [-0.05, 0) is 68.3 Å². The molecule has 2 heterocycles. The number of ether oxygens (including phenoxy) is 4. The molecule has 2 aliphatic rings. The van der Waals surface area contributed by atoms with Crippen LogP contribution in [0.25, 0.3) is 0 Å². The van der Waals surface area contributed by atoms with Gasteiger partial charge in [0.1, 0.15) is 6.61 Å². The molecule has 2 aliphatic heterocycles. The van der Waals surface area contributed by atoms with Crippen molar-refractivity contribution in [1.29, 1.82) is 0 Å². The minimum atomic E-state index is -1.02. The lowest BCUT2D eigenvalue weighted by molar-refractivity contribution is -0.284. The van der Waals surface area contributed by atoms with E-state index in [1.165, 1.54) is 0 Å². The number of carbonyl (C=O) groups excluding carboxylic acids is 2. The summed E-state index contributed by atoms with van der Waals surface area (Å²) in [5, 5.41) is 0. The van der Waals surface area contributed by atoms with Crippen LogP contribution in [0.3, 0.4) is 0 Å². The quantitative estimate of drug-likeness (QED) is 0.443. The summed E-state index contributed by atoms with van der Waals surface area (Å²) >= 11 is 6.72. The third kappa shape index (κ3) is 5.25. The van der Waals surface area contributed by atoms with Crippen molar-refractivity contribution >= 4 is 43.8 Å². The molecule has 0 aromatic heterocycles. The van der Waals surface area contributed by atoms with Gasteiger partial charge in [-0.1, -0.05) is 31.9 Å². The van der Waals surface area contributed by atoms with Crippen LogP contribution >= 0.6 is 31.9 Å².